The van der Waals surface area contributed by atoms with Crippen LogP contribution in [-0.2, 0) is 4.79 Å². The van der Waals surface area contributed by atoms with Gasteiger partial charge in [0, 0.05) is 0 Å². The highest BCUT2D eigenvalue weighted by Crippen LogP contribution is 1.50. The van der Waals surface area contributed by atoms with Gasteiger partial charge < -0.3 is 5.73 Å². The van der Waals surface area contributed by atoms with Crippen LogP contribution in [0.5, 0.6) is 0 Å². The van der Waals surface area contributed by atoms with E-state index in [4.69, 9.17) is 0 Å². The summed E-state index contributed by atoms with van der Waals surface area (Å²) in [7, 11) is 0. The summed E-state index contributed by atoms with van der Waals surface area (Å²) in [4.78, 5) is 9.64. The summed E-state index contributed by atoms with van der Waals surface area (Å²) in [5.74, 6) is -0.551. The molecule has 0 aliphatic rings. The summed E-state index contributed by atoms with van der Waals surface area (Å²) < 4.78 is 0. The number of thiocarbonyl (C=S) groups is 1. The van der Waals surface area contributed by atoms with Gasteiger partial charge in [-0.15, -0.1) is 0 Å². The van der Waals surface area contributed by atoms with E-state index in [1.165, 1.54) is 0 Å². The minimum absolute atomic E-state index is 0.551. The van der Waals surface area contributed by atoms with Crippen LogP contribution in [0.1, 0.15) is 0 Å². The van der Waals surface area contributed by atoms with E-state index in [1.807, 2.05) is 0 Å². The van der Waals surface area contributed by atoms with Crippen molar-refractivity contribution in [1.82, 2.24) is 0 Å². The Morgan fingerprint density at radius 2 is 2.50 bits per heavy atom. The lowest BCUT2D eigenvalue weighted by atomic mass is 10.6. The minimum atomic E-state index is -0.551. The zero-order valence-electron chi connectivity index (χ0n) is 2.97. The first kappa shape index (κ1) is 5.34. The first-order valence-corrected chi connectivity index (χ1v) is 1.68. The van der Waals surface area contributed by atoms with E-state index >= 15 is 0 Å². The van der Waals surface area contributed by atoms with Gasteiger partial charge in [-0.05, 0) is 17.2 Å². The summed E-state index contributed by atoms with van der Waals surface area (Å²) >= 11 is 4.12. The third-order valence-electron chi connectivity index (χ3n) is 0.201. The predicted octanol–water partition coefficient (Wildman–Crippen LogP) is -0.373. The van der Waals surface area contributed by atoms with E-state index in [9.17, 15) is 4.79 Å². The highest BCUT2D eigenvalue weighted by atomic mass is 32.1. The number of rotatable bonds is 1. The topological polar surface area (TPSA) is 43.1 Å². The van der Waals surface area contributed by atoms with Gasteiger partial charge in [-0.1, -0.05) is 0 Å². The van der Waals surface area contributed by atoms with E-state index in [1.54, 1.807) is 0 Å². The molecule has 3 heteroatoms. The molecule has 0 saturated heterocycles. The standard InChI is InChI=1S/C3H3NOS/c4-3(5)1-2-6/h1H,(H2,4,5). The second-order valence-electron chi connectivity index (χ2n) is 0.665. The first-order valence-electron chi connectivity index (χ1n) is 1.27. The van der Waals surface area contributed by atoms with Gasteiger partial charge in [0.05, 0.1) is 6.08 Å². The van der Waals surface area contributed by atoms with Gasteiger partial charge >= 0.3 is 0 Å². The Morgan fingerprint density at radius 1 is 2.00 bits per heavy atom. The minimum Gasteiger partial charge on any atom is -0.366 e. The quantitative estimate of drug-likeness (QED) is 0.361. The van der Waals surface area contributed by atoms with Crippen LogP contribution in [0.2, 0.25) is 0 Å². The molecule has 0 rings (SSSR count). The van der Waals surface area contributed by atoms with Crippen LogP contribution in [-0.4, -0.2) is 10.9 Å². The molecule has 0 aliphatic heterocycles. The second kappa shape index (κ2) is 2.57. The third kappa shape index (κ3) is 3.34. The Balaban J connectivity index is 3.60. The Labute approximate surface area is 40.6 Å². The van der Waals surface area contributed by atoms with Gasteiger partial charge in [-0.3, -0.25) is 4.79 Å². The second-order valence-corrected chi connectivity index (χ2v) is 0.900. The molecule has 6 heavy (non-hydrogen) atoms. The van der Waals surface area contributed by atoms with Crippen molar-refractivity contribution in [2.24, 2.45) is 5.73 Å². The van der Waals surface area contributed by atoms with Crippen LogP contribution in [0.3, 0.4) is 0 Å². The number of hydrogen-bond donors (Lipinski definition) is 1. The zero-order chi connectivity index (χ0) is 4.99. The number of amides is 1. The highest BCUT2D eigenvalue weighted by Gasteiger charge is 1.73. The Kier molecular flexibility index (Phi) is 2.29. The molecule has 0 spiro atoms. The highest BCUT2D eigenvalue weighted by molar-refractivity contribution is 7.78. The molecular formula is C3H3NOS. The van der Waals surface area contributed by atoms with Gasteiger partial charge in [0.25, 0.3) is 0 Å². The van der Waals surface area contributed by atoms with Crippen molar-refractivity contribution in [3.8, 4) is 0 Å². The van der Waals surface area contributed by atoms with E-state index < -0.39 is 5.91 Å². The molecule has 0 unspecified atom stereocenters. The van der Waals surface area contributed by atoms with Crippen LogP contribution in [0.25, 0.3) is 0 Å². The normalized spacial score (nSPS) is 6.00. The van der Waals surface area contributed by atoms with Crippen molar-refractivity contribution >= 4 is 23.1 Å². The number of primary amides is 1. The molecule has 0 heterocycles. The van der Waals surface area contributed by atoms with E-state index in [0.717, 1.165) is 6.08 Å². The molecule has 0 aliphatic carbocycles. The molecule has 0 bridgehead atoms. The van der Waals surface area contributed by atoms with Crippen LogP contribution >= 0.6 is 12.2 Å². The molecule has 0 aromatic carbocycles. The largest absolute Gasteiger partial charge is 0.366 e. The first-order chi connectivity index (χ1) is 2.77. The van der Waals surface area contributed by atoms with Crippen molar-refractivity contribution < 1.29 is 4.79 Å². The lowest BCUT2D eigenvalue weighted by Gasteiger charge is -1.65. The van der Waals surface area contributed by atoms with Gasteiger partial charge in [0.2, 0.25) is 5.91 Å². The summed E-state index contributed by atoms with van der Waals surface area (Å²) in [6.07, 6.45) is 0.995. The summed E-state index contributed by atoms with van der Waals surface area (Å²) in [5, 5.41) is 2.05. The molecule has 0 fully saturated rings. The smallest absolute Gasteiger partial charge is 0.250 e. The van der Waals surface area contributed by atoms with Crippen molar-refractivity contribution in [3.63, 3.8) is 0 Å². The van der Waals surface area contributed by atoms with Crippen molar-refractivity contribution in [3.05, 3.63) is 6.08 Å². The number of carbonyl (C=O) groups is 1. The molecule has 0 aromatic heterocycles. The fraction of sp³-hybridized carbons (Fsp3) is 0. The Morgan fingerprint density at radius 3 is 2.50 bits per heavy atom. The Hall–Kier alpha value is -0.660. The molecule has 2 nitrogen and oxygen atoms in total. The van der Waals surface area contributed by atoms with Crippen molar-refractivity contribution in [2.75, 3.05) is 0 Å². The van der Waals surface area contributed by atoms with Gasteiger partial charge in [0.1, 0.15) is 0 Å². The Bertz CT molecular complexity index is 103. The van der Waals surface area contributed by atoms with Crippen molar-refractivity contribution in [2.45, 2.75) is 0 Å². The molecule has 0 saturated carbocycles. The van der Waals surface area contributed by atoms with Gasteiger partial charge in [0.15, 0.2) is 0 Å². The average molecular weight is 101 g/mol. The molecule has 0 aromatic rings. The average Bonchev–Trinajstić information content (AvgIpc) is 1.35. The fourth-order valence-electron chi connectivity index (χ4n) is 0.0581. The van der Waals surface area contributed by atoms with Crippen LogP contribution in [0, 0.1) is 0 Å². The SMILES string of the molecule is NC(=O)C=C=S. The summed E-state index contributed by atoms with van der Waals surface area (Å²) in [5.41, 5.74) is 4.58. The monoisotopic (exact) mass is 101 g/mol. The maximum Gasteiger partial charge on any atom is 0.250 e. The maximum absolute atomic E-state index is 9.64. The molecule has 32 valence electrons. The molecule has 0 radical (unpaired) electrons. The molecule has 2 N–H and O–H groups in total. The van der Waals surface area contributed by atoms with Crippen LogP contribution in [0.15, 0.2) is 6.08 Å². The molecular weight excluding hydrogens is 98.1 g/mol. The summed E-state index contributed by atoms with van der Waals surface area (Å²) in [6, 6.07) is 0. The zero-order valence-corrected chi connectivity index (χ0v) is 3.79. The summed E-state index contributed by atoms with van der Waals surface area (Å²) in [6.45, 7) is 0. The number of hydrogen-bond acceptors (Lipinski definition) is 2. The number of nitrogens with two attached hydrogens (primary N) is 1. The van der Waals surface area contributed by atoms with E-state index in [-0.39, 0.29) is 0 Å². The van der Waals surface area contributed by atoms with E-state index in [0.29, 0.717) is 0 Å². The fourth-order valence-corrected chi connectivity index (χ4v) is 0.174. The van der Waals surface area contributed by atoms with Gasteiger partial charge in [-0.25, -0.2) is 0 Å². The number of carbonyl (C=O) groups excluding carboxylic acids is 1. The van der Waals surface area contributed by atoms with E-state index in [2.05, 4.69) is 23.0 Å². The van der Waals surface area contributed by atoms with Crippen LogP contribution < -0.4 is 5.73 Å². The van der Waals surface area contributed by atoms with Crippen LogP contribution in [0.4, 0.5) is 0 Å². The third-order valence-corrected chi connectivity index (χ3v) is 0.319. The lowest BCUT2D eigenvalue weighted by molar-refractivity contribution is -0.113. The van der Waals surface area contributed by atoms with Gasteiger partial charge in [-0.2, -0.15) is 0 Å². The molecule has 1 amide bonds. The van der Waals surface area contributed by atoms with Crippen molar-refractivity contribution in [1.29, 1.82) is 0 Å². The lowest BCUT2D eigenvalue weighted by Crippen LogP contribution is -2.05. The molecule has 0 atom stereocenters. The predicted molar refractivity (Wildman–Crippen MR) is 26.4 cm³/mol. The maximum atomic E-state index is 9.64.